The number of piperazine rings is 1. The Hall–Kier alpha value is -1.10. The summed E-state index contributed by atoms with van der Waals surface area (Å²) in [6, 6.07) is 0.106. The van der Waals surface area contributed by atoms with Crippen LogP contribution in [0.2, 0.25) is 0 Å². The lowest BCUT2D eigenvalue weighted by atomic mass is 10.2. The number of nitrogens with zero attached hydrogens (tertiary/aromatic N) is 2. The van der Waals surface area contributed by atoms with Gasteiger partial charge in [-0.1, -0.05) is 6.92 Å². The zero-order chi connectivity index (χ0) is 13.5. The molecule has 5 nitrogen and oxygen atoms in total. The third-order valence-electron chi connectivity index (χ3n) is 3.17. The van der Waals surface area contributed by atoms with E-state index in [9.17, 15) is 9.59 Å². The number of amides is 2. The van der Waals surface area contributed by atoms with Crippen molar-refractivity contribution in [2.75, 3.05) is 32.7 Å². The summed E-state index contributed by atoms with van der Waals surface area (Å²) in [5.41, 5.74) is 0. The standard InChI is InChI=1S/C13H25N3O2/c1-4-6-14-7-5-8-15-9-10-16(11(2)3)13(18)12(15)17/h11,14H,4-10H2,1-3H3. The summed E-state index contributed by atoms with van der Waals surface area (Å²) in [6.45, 7) is 9.91. The van der Waals surface area contributed by atoms with Crippen LogP contribution in [0.4, 0.5) is 0 Å². The molecule has 104 valence electrons. The van der Waals surface area contributed by atoms with Crippen molar-refractivity contribution in [2.24, 2.45) is 0 Å². The van der Waals surface area contributed by atoms with Crippen LogP contribution in [0, 0.1) is 0 Å². The minimum atomic E-state index is -0.349. The zero-order valence-electron chi connectivity index (χ0n) is 11.7. The third kappa shape index (κ3) is 3.98. The molecule has 0 aliphatic carbocycles. The first-order chi connectivity index (χ1) is 8.57. The van der Waals surface area contributed by atoms with Crippen molar-refractivity contribution >= 4 is 11.8 Å². The molecule has 0 unspecified atom stereocenters. The fraction of sp³-hybridized carbons (Fsp3) is 0.846. The number of hydrogen-bond donors (Lipinski definition) is 1. The Kier molecular flexibility index (Phi) is 6.12. The summed E-state index contributed by atoms with van der Waals surface area (Å²) in [7, 11) is 0. The van der Waals surface area contributed by atoms with Gasteiger partial charge in [-0.15, -0.1) is 0 Å². The van der Waals surface area contributed by atoms with E-state index >= 15 is 0 Å². The molecule has 1 aliphatic heterocycles. The predicted octanol–water partition coefficient (Wildman–Crippen LogP) is 0.455. The second-order valence-electron chi connectivity index (χ2n) is 4.99. The Bertz CT molecular complexity index is 292. The first kappa shape index (κ1) is 15.0. The van der Waals surface area contributed by atoms with Gasteiger partial charge in [0, 0.05) is 25.7 Å². The van der Waals surface area contributed by atoms with Crippen molar-refractivity contribution in [2.45, 2.75) is 39.7 Å². The molecule has 1 heterocycles. The first-order valence-corrected chi connectivity index (χ1v) is 6.88. The highest BCUT2D eigenvalue weighted by Gasteiger charge is 2.33. The van der Waals surface area contributed by atoms with Gasteiger partial charge in [0.1, 0.15) is 0 Å². The molecule has 18 heavy (non-hydrogen) atoms. The number of carbonyl (C=O) groups is 2. The monoisotopic (exact) mass is 255 g/mol. The van der Waals surface area contributed by atoms with E-state index in [0.29, 0.717) is 19.6 Å². The number of rotatable bonds is 7. The van der Waals surface area contributed by atoms with Crippen LogP contribution in [0.15, 0.2) is 0 Å². The van der Waals surface area contributed by atoms with Gasteiger partial charge >= 0.3 is 11.8 Å². The van der Waals surface area contributed by atoms with Gasteiger partial charge in [-0.3, -0.25) is 9.59 Å². The van der Waals surface area contributed by atoms with Gasteiger partial charge in [-0.25, -0.2) is 0 Å². The molecule has 1 rings (SSSR count). The maximum atomic E-state index is 11.9. The second kappa shape index (κ2) is 7.36. The first-order valence-electron chi connectivity index (χ1n) is 6.88. The van der Waals surface area contributed by atoms with Crippen LogP contribution in [0.1, 0.15) is 33.6 Å². The van der Waals surface area contributed by atoms with Crippen LogP contribution in [0.3, 0.4) is 0 Å². The normalized spacial score (nSPS) is 16.9. The van der Waals surface area contributed by atoms with Crippen LogP contribution in [0.5, 0.6) is 0 Å². The topological polar surface area (TPSA) is 52.6 Å². The van der Waals surface area contributed by atoms with Gasteiger partial charge in [0.15, 0.2) is 0 Å². The van der Waals surface area contributed by atoms with Crippen molar-refractivity contribution in [3.63, 3.8) is 0 Å². The lowest BCUT2D eigenvalue weighted by molar-refractivity contribution is -0.157. The molecule has 1 aliphatic rings. The molecule has 1 fully saturated rings. The molecule has 2 amide bonds. The lowest BCUT2D eigenvalue weighted by Gasteiger charge is -2.36. The maximum absolute atomic E-state index is 11.9. The van der Waals surface area contributed by atoms with Crippen LogP contribution >= 0.6 is 0 Å². The van der Waals surface area contributed by atoms with E-state index in [-0.39, 0.29) is 17.9 Å². The van der Waals surface area contributed by atoms with Crippen LogP contribution in [-0.2, 0) is 9.59 Å². The molecule has 0 bridgehead atoms. The number of hydrogen-bond acceptors (Lipinski definition) is 3. The van der Waals surface area contributed by atoms with Crippen molar-refractivity contribution in [3.8, 4) is 0 Å². The summed E-state index contributed by atoms with van der Waals surface area (Å²) < 4.78 is 0. The molecule has 0 atom stereocenters. The van der Waals surface area contributed by atoms with Crippen LogP contribution in [0.25, 0.3) is 0 Å². The Morgan fingerprint density at radius 1 is 1.17 bits per heavy atom. The van der Waals surface area contributed by atoms with Gasteiger partial charge < -0.3 is 15.1 Å². The van der Waals surface area contributed by atoms with E-state index in [1.165, 1.54) is 0 Å². The molecule has 1 saturated heterocycles. The highest BCUT2D eigenvalue weighted by molar-refractivity contribution is 6.35. The van der Waals surface area contributed by atoms with Crippen molar-refractivity contribution in [1.82, 2.24) is 15.1 Å². The van der Waals surface area contributed by atoms with E-state index in [0.717, 1.165) is 25.9 Å². The van der Waals surface area contributed by atoms with Gasteiger partial charge in [0.2, 0.25) is 0 Å². The SMILES string of the molecule is CCCNCCCN1CCN(C(C)C)C(=O)C1=O. The molecule has 0 aromatic carbocycles. The minimum Gasteiger partial charge on any atom is -0.333 e. The van der Waals surface area contributed by atoms with Crippen molar-refractivity contribution in [3.05, 3.63) is 0 Å². The Morgan fingerprint density at radius 2 is 1.89 bits per heavy atom. The Labute approximate surface area is 110 Å². The predicted molar refractivity (Wildman–Crippen MR) is 71.2 cm³/mol. The zero-order valence-corrected chi connectivity index (χ0v) is 11.7. The average Bonchev–Trinajstić information content (AvgIpc) is 2.33. The summed E-state index contributed by atoms with van der Waals surface area (Å²) in [6.07, 6.45) is 2.02. The summed E-state index contributed by atoms with van der Waals surface area (Å²) in [5.74, 6) is -0.691. The lowest BCUT2D eigenvalue weighted by Crippen LogP contribution is -2.56. The molecule has 1 N–H and O–H groups in total. The van der Waals surface area contributed by atoms with Gasteiger partial charge in [-0.05, 0) is 39.8 Å². The largest absolute Gasteiger partial charge is 0.333 e. The molecule has 0 saturated carbocycles. The van der Waals surface area contributed by atoms with Gasteiger partial charge in [0.05, 0.1) is 0 Å². The Morgan fingerprint density at radius 3 is 2.50 bits per heavy atom. The quantitative estimate of drug-likeness (QED) is 0.531. The van der Waals surface area contributed by atoms with Crippen LogP contribution < -0.4 is 5.32 Å². The fourth-order valence-electron chi connectivity index (χ4n) is 2.09. The smallest absolute Gasteiger partial charge is 0.312 e. The molecule has 5 heteroatoms. The van der Waals surface area contributed by atoms with E-state index < -0.39 is 0 Å². The molecule has 0 radical (unpaired) electrons. The van der Waals surface area contributed by atoms with Crippen LogP contribution in [-0.4, -0.2) is 60.4 Å². The summed E-state index contributed by atoms with van der Waals surface area (Å²) in [5, 5.41) is 3.29. The Balaban J connectivity index is 2.32. The average molecular weight is 255 g/mol. The molecule has 0 aromatic heterocycles. The summed E-state index contributed by atoms with van der Waals surface area (Å²) >= 11 is 0. The van der Waals surface area contributed by atoms with E-state index in [2.05, 4.69) is 12.2 Å². The molecule has 0 spiro atoms. The maximum Gasteiger partial charge on any atom is 0.312 e. The number of carbonyl (C=O) groups excluding carboxylic acids is 2. The molecular formula is C13H25N3O2. The van der Waals surface area contributed by atoms with Gasteiger partial charge in [-0.2, -0.15) is 0 Å². The third-order valence-corrected chi connectivity index (χ3v) is 3.17. The minimum absolute atomic E-state index is 0.106. The van der Waals surface area contributed by atoms with Crippen molar-refractivity contribution < 1.29 is 9.59 Å². The van der Waals surface area contributed by atoms with E-state index in [4.69, 9.17) is 0 Å². The highest BCUT2D eigenvalue weighted by atomic mass is 16.2. The highest BCUT2D eigenvalue weighted by Crippen LogP contribution is 2.09. The molecule has 0 aromatic rings. The van der Waals surface area contributed by atoms with Crippen molar-refractivity contribution in [1.29, 1.82) is 0 Å². The molecular weight excluding hydrogens is 230 g/mol. The van der Waals surface area contributed by atoms with Gasteiger partial charge in [0.25, 0.3) is 0 Å². The van der Waals surface area contributed by atoms with E-state index in [1.54, 1.807) is 9.80 Å². The summed E-state index contributed by atoms with van der Waals surface area (Å²) in [4.78, 5) is 27.0. The number of nitrogens with one attached hydrogen (secondary N) is 1. The second-order valence-corrected chi connectivity index (χ2v) is 4.99. The van der Waals surface area contributed by atoms with E-state index in [1.807, 2.05) is 13.8 Å². The fourth-order valence-corrected chi connectivity index (χ4v) is 2.09.